The van der Waals surface area contributed by atoms with E-state index in [0.717, 1.165) is 37.2 Å². The minimum atomic E-state index is 0.0914. The van der Waals surface area contributed by atoms with Gasteiger partial charge in [0, 0.05) is 24.8 Å². The summed E-state index contributed by atoms with van der Waals surface area (Å²) in [6.07, 6.45) is 3.89. The van der Waals surface area contributed by atoms with Crippen LogP contribution in [-0.4, -0.2) is 35.4 Å². The van der Waals surface area contributed by atoms with E-state index in [0.29, 0.717) is 18.0 Å². The van der Waals surface area contributed by atoms with Gasteiger partial charge in [-0.1, -0.05) is 31.2 Å². The van der Waals surface area contributed by atoms with Crippen LogP contribution >= 0.6 is 0 Å². The van der Waals surface area contributed by atoms with E-state index >= 15 is 0 Å². The predicted octanol–water partition coefficient (Wildman–Crippen LogP) is 3.05. The third-order valence-corrected chi connectivity index (χ3v) is 4.53. The van der Waals surface area contributed by atoms with Gasteiger partial charge in [-0.05, 0) is 43.0 Å². The van der Waals surface area contributed by atoms with E-state index in [1.165, 1.54) is 5.56 Å². The molecule has 0 radical (unpaired) electrons. The molecule has 2 heterocycles. The Morgan fingerprint density at radius 1 is 1.17 bits per heavy atom. The van der Waals surface area contributed by atoms with Crippen molar-refractivity contribution in [2.24, 2.45) is 5.73 Å². The quantitative estimate of drug-likeness (QED) is 0.944. The number of carbonyl (C=O) groups is 1. The monoisotopic (exact) mass is 309 g/mol. The molecule has 1 aromatic carbocycles. The molecule has 0 bridgehead atoms. The second kappa shape index (κ2) is 6.92. The van der Waals surface area contributed by atoms with Crippen molar-refractivity contribution >= 4 is 5.91 Å². The van der Waals surface area contributed by atoms with Gasteiger partial charge in [-0.25, -0.2) is 0 Å². The maximum Gasteiger partial charge on any atom is 0.255 e. The zero-order valence-electron chi connectivity index (χ0n) is 13.5. The number of hydrogen-bond donors (Lipinski definition) is 1. The Labute approximate surface area is 137 Å². The third kappa shape index (κ3) is 3.42. The van der Waals surface area contributed by atoms with Crippen molar-refractivity contribution in [3.05, 3.63) is 53.7 Å². The smallest absolute Gasteiger partial charge is 0.255 e. The van der Waals surface area contributed by atoms with Crippen LogP contribution in [0.25, 0.3) is 11.3 Å². The lowest BCUT2D eigenvalue weighted by molar-refractivity contribution is 0.0792. The Morgan fingerprint density at radius 3 is 2.43 bits per heavy atom. The zero-order chi connectivity index (χ0) is 16.2. The molecule has 1 aliphatic rings. The molecule has 1 atom stereocenters. The SMILES string of the molecule is CC(CN)c1ccc(-c2ccc(C(=O)N3CCCC3)cn2)cc1. The van der Waals surface area contributed by atoms with E-state index in [1.807, 2.05) is 17.0 Å². The predicted molar refractivity (Wildman–Crippen MR) is 92.3 cm³/mol. The van der Waals surface area contributed by atoms with Gasteiger partial charge >= 0.3 is 0 Å². The molecule has 4 heteroatoms. The highest BCUT2D eigenvalue weighted by atomic mass is 16.2. The summed E-state index contributed by atoms with van der Waals surface area (Å²) in [6, 6.07) is 12.1. The molecule has 0 saturated carbocycles. The number of nitrogens with two attached hydrogens (primary N) is 1. The first-order chi connectivity index (χ1) is 11.2. The minimum absolute atomic E-state index is 0.0914. The lowest BCUT2D eigenvalue weighted by Crippen LogP contribution is -2.27. The lowest BCUT2D eigenvalue weighted by atomic mass is 9.99. The highest BCUT2D eigenvalue weighted by Gasteiger charge is 2.19. The van der Waals surface area contributed by atoms with Crippen molar-refractivity contribution in [3.8, 4) is 11.3 Å². The van der Waals surface area contributed by atoms with E-state index in [4.69, 9.17) is 5.73 Å². The minimum Gasteiger partial charge on any atom is -0.339 e. The molecular weight excluding hydrogens is 286 g/mol. The van der Waals surface area contributed by atoms with Crippen molar-refractivity contribution in [3.63, 3.8) is 0 Å². The van der Waals surface area contributed by atoms with Crippen molar-refractivity contribution < 1.29 is 4.79 Å². The summed E-state index contributed by atoms with van der Waals surface area (Å²) in [6.45, 7) is 4.49. The highest BCUT2D eigenvalue weighted by Crippen LogP contribution is 2.22. The topological polar surface area (TPSA) is 59.2 Å². The van der Waals surface area contributed by atoms with E-state index in [9.17, 15) is 4.79 Å². The average Bonchev–Trinajstić information content (AvgIpc) is 3.15. The van der Waals surface area contributed by atoms with Gasteiger partial charge in [0.2, 0.25) is 0 Å². The fourth-order valence-corrected chi connectivity index (χ4v) is 2.91. The van der Waals surface area contributed by atoms with Crippen LogP contribution in [0.3, 0.4) is 0 Å². The first-order valence-electron chi connectivity index (χ1n) is 8.25. The van der Waals surface area contributed by atoms with Gasteiger partial charge in [0.25, 0.3) is 5.91 Å². The first kappa shape index (κ1) is 15.7. The fraction of sp³-hybridized carbons (Fsp3) is 0.368. The number of hydrogen-bond acceptors (Lipinski definition) is 3. The third-order valence-electron chi connectivity index (χ3n) is 4.53. The van der Waals surface area contributed by atoms with Gasteiger partial charge in [0.05, 0.1) is 11.3 Å². The molecular formula is C19H23N3O. The summed E-state index contributed by atoms with van der Waals surface area (Å²) in [5.74, 6) is 0.450. The summed E-state index contributed by atoms with van der Waals surface area (Å²) in [5, 5.41) is 0. The van der Waals surface area contributed by atoms with Gasteiger partial charge in [-0.15, -0.1) is 0 Å². The number of benzene rings is 1. The summed E-state index contributed by atoms with van der Waals surface area (Å²) in [4.78, 5) is 18.7. The van der Waals surface area contributed by atoms with Crippen LogP contribution in [0.4, 0.5) is 0 Å². The molecule has 1 fully saturated rings. The molecule has 23 heavy (non-hydrogen) atoms. The molecule has 120 valence electrons. The molecule has 1 unspecified atom stereocenters. The molecule has 2 aromatic rings. The van der Waals surface area contributed by atoms with Crippen LogP contribution < -0.4 is 5.73 Å². The molecule has 1 saturated heterocycles. The van der Waals surface area contributed by atoms with Crippen LogP contribution in [-0.2, 0) is 0 Å². The summed E-state index contributed by atoms with van der Waals surface area (Å²) in [5.41, 5.74) is 9.54. The summed E-state index contributed by atoms with van der Waals surface area (Å²) < 4.78 is 0. The molecule has 1 aromatic heterocycles. The molecule has 2 N–H and O–H groups in total. The lowest BCUT2D eigenvalue weighted by Gasteiger charge is -2.15. The molecule has 3 rings (SSSR count). The molecule has 4 nitrogen and oxygen atoms in total. The molecule has 1 amide bonds. The first-order valence-corrected chi connectivity index (χ1v) is 8.25. The van der Waals surface area contributed by atoms with Gasteiger partial charge in [0.1, 0.15) is 0 Å². The van der Waals surface area contributed by atoms with Gasteiger partial charge in [-0.3, -0.25) is 9.78 Å². The largest absolute Gasteiger partial charge is 0.339 e. The van der Waals surface area contributed by atoms with E-state index < -0.39 is 0 Å². The van der Waals surface area contributed by atoms with Crippen molar-refractivity contribution in [2.45, 2.75) is 25.7 Å². The Balaban J connectivity index is 1.75. The Kier molecular flexibility index (Phi) is 4.72. The Hall–Kier alpha value is -2.20. The van der Waals surface area contributed by atoms with Gasteiger partial charge in [0.15, 0.2) is 0 Å². The molecule has 0 aliphatic carbocycles. The second-order valence-electron chi connectivity index (χ2n) is 6.19. The Morgan fingerprint density at radius 2 is 1.87 bits per heavy atom. The normalized spacial score (nSPS) is 15.7. The standard InChI is InChI=1S/C19H23N3O/c1-14(12-20)15-4-6-16(7-5-15)18-9-8-17(13-21-18)19(23)22-10-2-3-11-22/h4-9,13-14H,2-3,10-12,20H2,1H3. The van der Waals surface area contributed by atoms with E-state index in [2.05, 4.69) is 36.2 Å². The fourth-order valence-electron chi connectivity index (χ4n) is 2.91. The zero-order valence-corrected chi connectivity index (χ0v) is 13.5. The van der Waals surface area contributed by atoms with Crippen molar-refractivity contribution in [2.75, 3.05) is 19.6 Å². The maximum absolute atomic E-state index is 12.3. The summed E-state index contributed by atoms with van der Waals surface area (Å²) in [7, 11) is 0. The number of amides is 1. The molecule has 1 aliphatic heterocycles. The number of pyridine rings is 1. The number of carbonyl (C=O) groups excluding carboxylic acids is 1. The van der Waals surface area contributed by atoms with Crippen LogP contribution in [0.1, 0.15) is 41.6 Å². The van der Waals surface area contributed by atoms with Gasteiger partial charge in [-0.2, -0.15) is 0 Å². The Bertz CT molecular complexity index is 658. The van der Waals surface area contributed by atoms with Crippen molar-refractivity contribution in [1.82, 2.24) is 9.88 Å². The number of aromatic nitrogens is 1. The van der Waals surface area contributed by atoms with E-state index in [-0.39, 0.29) is 5.91 Å². The maximum atomic E-state index is 12.3. The van der Waals surface area contributed by atoms with Crippen LogP contribution in [0, 0.1) is 0 Å². The van der Waals surface area contributed by atoms with Crippen LogP contribution in [0.5, 0.6) is 0 Å². The van der Waals surface area contributed by atoms with Gasteiger partial charge < -0.3 is 10.6 Å². The highest BCUT2D eigenvalue weighted by molar-refractivity contribution is 5.94. The van der Waals surface area contributed by atoms with Crippen LogP contribution in [0.15, 0.2) is 42.6 Å². The second-order valence-corrected chi connectivity index (χ2v) is 6.19. The number of likely N-dealkylation sites (tertiary alicyclic amines) is 1. The summed E-state index contributed by atoms with van der Waals surface area (Å²) >= 11 is 0. The average molecular weight is 309 g/mol. The van der Waals surface area contributed by atoms with Crippen LogP contribution in [0.2, 0.25) is 0 Å². The van der Waals surface area contributed by atoms with Crippen molar-refractivity contribution in [1.29, 1.82) is 0 Å². The molecule has 0 spiro atoms. The number of rotatable bonds is 4. The number of nitrogens with zero attached hydrogens (tertiary/aromatic N) is 2. The van der Waals surface area contributed by atoms with E-state index in [1.54, 1.807) is 6.20 Å².